The molecule has 2 heterocycles. The van der Waals surface area contributed by atoms with E-state index in [-0.39, 0.29) is 17.2 Å². The van der Waals surface area contributed by atoms with Gasteiger partial charge in [0, 0.05) is 5.56 Å². The SMILES string of the molecule is O=C(O)c1ncn2c1C(=O)c1ccccc1-2. The van der Waals surface area contributed by atoms with E-state index in [1.54, 1.807) is 24.3 Å². The molecule has 0 radical (unpaired) electrons. The fourth-order valence-corrected chi connectivity index (χ4v) is 1.91. The third-order valence-electron chi connectivity index (χ3n) is 2.59. The highest BCUT2D eigenvalue weighted by Gasteiger charge is 2.32. The molecule has 78 valence electrons. The maximum Gasteiger partial charge on any atom is 0.356 e. The molecule has 3 rings (SSSR count). The zero-order valence-corrected chi connectivity index (χ0v) is 8.04. The van der Waals surface area contributed by atoms with Crippen LogP contribution in [0.2, 0.25) is 0 Å². The Balaban J connectivity index is 2.34. The minimum atomic E-state index is -1.19. The number of hydrogen-bond donors (Lipinski definition) is 1. The largest absolute Gasteiger partial charge is 0.476 e. The number of hydrogen-bond acceptors (Lipinski definition) is 3. The van der Waals surface area contributed by atoms with Crippen LogP contribution in [0.15, 0.2) is 30.6 Å². The molecule has 0 unspecified atom stereocenters. The maximum atomic E-state index is 12.0. The van der Waals surface area contributed by atoms with Gasteiger partial charge in [0.1, 0.15) is 12.0 Å². The molecule has 1 aliphatic rings. The molecule has 2 aromatic rings. The Hall–Kier alpha value is -2.43. The molecular formula is C11H6N2O3. The fraction of sp³-hybridized carbons (Fsp3) is 0. The number of carboxylic acid groups (broad SMARTS) is 1. The molecule has 16 heavy (non-hydrogen) atoms. The van der Waals surface area contributed by atoms with Gasteiger partial charge in [-0.15, -0.1) is 0 Å². The predicted molar refractivity (Wildman–Crippen MR) is 54.0 cm³/mol. The van der Waals surface area contributed by atoms with E-state index in [9.17, 15) is 9.59 Å². The molecule has 0 atom stereocenters. The second kappa shape index (κ2) is 2.79. The molecule has 5 nitrogen and oxygen atoms in total. The van der Waals surface area contributed by atoms with Crippen LogP contribution in [0.25, 0.3) is 5.69 Å². The first-order valence-corrected chi connectivity index (χ1v) is 4.65. The molecule has 0 bridgehead atoms. The number of carboxylic acids is 1. The van der Waals surface area contributed by atoms with Crippen LogP contribution in [0.1, 0.15) is 26.5 Å². The third kappa shape index (κ3) is 0.916. The minimum Gasteiger partial charge on any atom is -0.476 e. The van der Waals surface area contributed by atoms with Crippen LogP contribution in [-0.2, 0) is 0 Å². The highest BCUT2D eigenvalue weighted by Crippen LogP contribution is 2.28. The number of nitrogens with zero attached hydrogens (tertiary/aromatic N) is 2. The van der Waals surface area contributed by atoms with Crippen LogP contribution in [0.3, 0.4) is 0 Å². The lowest BCUT2D eigenvalue weighted by Gasteiger charge is -1.96. The van der Waals surface area contributed by atoms with Crippen LogP contribution >= 0.6 is 0 Å². The van der Waals surface area contributed by atoms with E-state index in [0.29, 0.717) is 11.3 Å². The Labute approximate surface area is 90.0 Å². The van der Waals surface area contributed by atoms with Gasteiger partial charge in [-0.1, -0.05) is 12.1 Å². The van der Waals surface area contributed by atoms with Gasteiger partial charge in [0.2, 0.25) is 5.78 Å². The first-order chi connectivity index (χ1) is 7.70. The fourth-order valence-electron chi connectivity index (χ4n) is 1.91. The summed E-state index contributed by atoms with van der Waals surface area (Å²) in [6, 6.07) is 6.98. The summed E-state index contributed by atoms with van der Waals surface area (Å²) in [5, 5.41) is 8.91. The standard InChI is InChI=1S/C11H6N2O3/c14-10-6-3-1-2-4-7(6)13-5-12-8(9(10)13)11(15)16/h1-5H,(H,15,16). The normalized spacial score (nSPS) is 12.4. The van der Waals surface area contributed by atoms with Crippen LogP contribution in [-0.4, -0.2) is 26.4 Å². The van der Waals surface area contributed by atoms with Crippen LogP contribution in [0, 0.1) is 0 Å². The summed E-state index contributed by atoms with van der Waals surface area (Å²) in [6.07, 6.45) is 1.36. The molecule has 1 N–H and O–H groups in total. The second-order valence-corrected chi connectivity index (χ2v) is 3.46. The molecule has 1 aliphatic heterocycles. The molecular weight excluding hydrogens is 208 g/mol. The van der Waals surface area contributed by atoms with Crippen molar-refractivity contribution in [1.82, 2.24) is 9.55 Å². The molecule has 0 fully saturated rings. The molecule has 1 aromatic heterocycles. The topological polar surface area (TPSA) is 72.2 Å². The van der Waals surface area contributed by atoms with Gasteiger partial charge in [-0.2, -0.15) is 0 Å². The van der Waals surface area contributed by atoms with Crippen molar-refractivity contribution in [1.29, 1.82) is 0 Å². The smallest absolute Gasteiger partial charge is 0.356 e. The summed E-state index contributed by atoms with van der Waals surface area (Å²) < 4.78 is 1.52. The number of para-hydroxylation sites is 1. The van der Waals surface area contributed by atoms with E-state index in [1.165, 1.54) is 10.9 Å². The second-order valence-electron chi connectivity index (χ2n) is 3.46. The predicted octanol–water partition coefficient (Wildman–Crippen LogP) is 1.11. The Bertz CT molecular complexity index is 628. The van der Waals surface area contributed by atoms with E-state index in [1.807, 2.05) is 0 Å². The van der Waals surface area contributed by atoms with Crippen molar-refractivity contribution in [3.05, 3.63) is 47.5 Å². The Kier molecular flexibility index (Phi) is 1.54. The van der Waals surface area contributed by atoms with E-state index >= 15 is 0 Å². The minimum absolute atomic E-state index is 0.133. The lowest BCUT2D eigenvalue weighted by atomic mass is 10.1. The first-order valence-electron chi connectivity index (χ1n) is 4.65. The number of carbonyl (C=O) groups is 2. The molecule has 0 saturated heterocycles. The van der Waals surface area contributed by atoms with Crippen LogP contribution in [0.4, 0.5) is 0 Å². The quantitative estimate of drug-likeness (QED) is 0.658. The van der Waals surface area contributed by atoms with E-state index in [2.05, 4.69) is 4.98 Å². The third-order valence-corrected chi connectivity index (χ3v) is 2.59. The summed E-state index contributed by atoms with van der Waals surface area (Å²) in [4.78, 5) is 26.6. The number of aromatic nitrogens is 2. The van der Waals surface area contributed by atoms with Crippen molar-refractivity contribution in [3.63, 3.8) is 0 Å². The number of rotatable bonds is 1. The van der Waals surface area contributed by atoms with E-state index < -0.39 is 5.97 Å². The van der Waals surface area contributed by atoms with Gasteiger partial charge in [-0.25, -0.2) is 9.78 Å². The van der Waals surface area contributed by atoms with Crippen molar-refractivity contribution in [2.75, 3.05) is 0 Å². The average molecular weight is 214 g/mol. The van der Waals surface area contributed by atoms with Crippen molar-refractivity contribution in [3.8, 4) is 5.69 Å². The Morgan fingerprint density at radius 2 is 2.06 bits per heavy atom. The van der Waals surface area contributed by atoms with E-state index in [0.717, 1.165) is 0 Å². The van der Waals surface area contributed by atoms with Gasteiger partial charge in [-0.05, 0) is 12.1 Å². The molecule has 0 aliphatic carbocycles. The summed E-state index contributed by atoms with van der Waals surface area (Å²) in [5.74, 6) is -1.47. The highest BCUT2D eigenvalue weighted by atomic mass is 16.4. The van der Waals surface area contributed by atoms with Gasteiger partial charge in [0.05, 0.1) is 5.69 Å². The monoisotopic (exact) mass is 214 g/mol. The molecule has 5 heteroatoms. The maximum absolute atomic E-state index is 12.0. The van der Waals surface area contributed by atoms with Gasteiger partial charge >= 0.3 is 5.97 Å². The average Bonchev–Trinajstić information content (AvgIpc) is 2.81. The zero-order chi connectivity index (χ0) is 11.3. The number of ketones is 1. The van der Waals surface area contributed by atoms with Crippen molar-refractivity contribution >= 4 is 11.8 Å². The molecule has 0 saturated carbocycles. The van der Waals surface area contributed by atoms with Crippen molar-refractivity contribution in [2.45, 2.75) is 0 Å². The first kappa shape index (κ1) is 8.84. The number of aromatic carboxylic acids is 1. The lowest BCUT2D eigenvalue weighted by molar-refractivity contribution is 0.0687. The van der Waals surface area contributed by atoms with Crippen LogP contribution in [0.5, 0.6) is 0 Å². The number of carbonyl (C=O) groups excluding carboxylic acids is 1. The van der Waals surface area contributed by atoms with Crippen LogP contribution < -0.4 is 0 Å². The Morgan fingerprint density at radius 1 is 1.31 bits per heavy atom. The summed E-state index contributed by atoms with van der Waals surface area (Å²) in [6.45, 7) is 0. The molecule has 0 spiro atoms. The zero-order valence-electron chi connectivity index (χ0n) is 8.04. The van der Waals surface area contributed by atoms with Gasteiger partial charge in [0.15, 0.2) is 5.69 Å². The lowest BCUT2D eigenvalue weighted by Crippen LogP contribution is -2.06. The van der Waals surface area contributed by atoms with Crippen molar-refractivity contribution < 1.29 is 14.7 Å². The van der Waals surface area contributed by atoms with Crippen molar-refractivity contribution in [2.24, 2.45) is 0 Å². The summed E-state index contributed by atoms with van der Waals surface area (Å²) in [5.41, 5.74) is 1.14. The summed E-state index contributed by atoms with van der Waals surface area (Å²) >= 11 is 0. The highest BCUT2D eigenvalue weighted by molar-refractivity contribution is 6.17. The number of benzene rings is 1. The van der Waals surface area contributed by atoms with Gasteiger partial charge < -0.3 is 5.11 Å². The summed E-state index contributed by atoms with van der Waals surface area (Å²) in [7, 11) is 0. The number of fused-ring (bicyclic) bond motifs is 3. The molecule has 1 aromatic carbocycles. The number of imidazole rings is 1. The van der Waals surface area contributed by atoms with E-state index in [4.69, 9.17) is 5.11 Å². The Morgan fingerprint density at radius 3 is 2.81 bits per heavy atom. The molecule has 0 amide bonds. The van der Waals surface area contributed by atoms with Gasteiger partial charge in [-0.3, -0.25) is 9.36 Å². The van der Waals surface area contributed by atoms with Gasteiger partial charge in [0.25, 0.3) is 0 Å².